The molecule has 1 aromatic heterocycles. The van der Waals surface area contributed by atoms with Crippen LogP contribution in [0.3, 0.4) is 0 Å². The minimum atomic E-state index is -0.216. The van der Waals surface area contributed by atoms with Crippen molar-refractivity contribution in [1.29, 1.82) is 0 Å². The average molecular weight is 152 g/mol. The van der Waals surface area contributed by atoms with Crippen molar-refractivity contribution in [2.75, 3.05) is 18.0 Å². The third-order valence-electron chi connectivity index (χ3n) is 1.62. The molecule has 0 bridgehead atoms. The molecule has 11 heavy (non-hydrogen) atoms. The number of hydrogen-bond acceptors (Lipinski definition) is 5. The van der Waals surface area contributed by atoms with Gasteiger partial charge in [0.2, 0.25) is 5.95 Å². The van der Waals surface area contributed by atoms with Gasteiger partial charge in [0, 0.05) is 13.1 Å². The molecule has 1 fully saturated rings. The van der Waals surface area contributed by atoms with Crippen LogP contribution in [0.15, 0.2) is 12.7 Å². The van der Waals surface area contributed by atoms with E-state index in [0.717, 1.165) is 0 Å². The quantitative estimate of drug-likeness (QED) is 0.562. The van der Waals surface area contributed by atoms with Crippen molar-refractivity contribution in [2.24, 2.45) is 0 Å². The normalized spacial score (nSPS) is 18.1. The van der Waals surface area contributed by atoms with Crippen molar-refractivity contribution < 1.29 is 5.11 Å². The molecule has 58 valence electrons. The molecular weight excluding hydrogens is 144 g/mol. The summed E-state index contributed by atoms with van der Waals surface area (Å²) in [4.78, 5) is 13.4. The van der Waals surface area contributed by atoms with Crippen LogP contribution in [-0.4, -0.2) is 39.3 Å². The van der Waals surface area contributed by atoms with Gasteiger partial charge in [-0.2, -0.15) is 0 Å². The Morgan fingerprint density at radius 1 is 1.36 bits per heavy atom. The number of aliphatic hydroxyl groups excluding tert-OH is 1. The lowest BCUT2D eigenvalue weighted by atomic mass is 10.2. The fourth-order valence-corrected chi connectivity index (χ4v) is 1.02. The van der Waals surface area contributed by atoms with Gasteiger partial charge in [-0.1, -0.05) is 0 Å². The largest absolute Gasteiger partial charge is 0.389 e. The molecule has 2 rings (SSSR count). The molecule has 0 aliphatic carbocycles. The summed E-state index contributed by atoms with van der Waals surface area (Å²) >= 11 is 0. The van der Waals surface area contributed by atoms with E-state index in [0.29, 0.717) is 19.0 Å². The second-order valence-electron chi connectivity index (χ2n) is 2.50. The van der Waals surface area contributed by atoms with Crippen LogP contribution in [0, 0.1) is 0 Å². The zero-order chi connectivity index (χ0) is 7.68. The Labute approximate surface area is 63.7 Å². The number of rotatable bonds is 1. The van der Waals surface area contributed by atoms with Gasteiger partial charge < -0.3 is 10.0 Å². The van der Waals surface area contributed by atoms with E-state index in [2.05, 4.69) is 15.0 Å². The van der Waals surface area contributed by atoms with Gasteiger partial charge in [-0.3, -0.25) is 0 Å². The van der Waals surface area contributed by atoms with E-state index in [4.69, 9.17) is 5.11 Å². The molecule has 1 aliphatic heterocycles. The molecule has 0 saturated carbocycles. The number of β-amino-alcohol motifs (C(OH)–C–C–N with tert-alkyl or cyclic N) is 1. The minimum Gasteiger partial charge on any atom is -0.389 e. The molecule has 0 unspecified atom stereocenters. The molecule has 0 aromatic carbocycles. The summed E-state index contributed by atoms with van der Waals surface area (Å²) in [6.45, 7) is 1.26. The van der Waals surface area contributed by atoms with Crippen molar-refractivity contribution in [3.05, 3.63) is 12.7 Å². The Balaban J connectivity index is 2.08. The molecule has 2 heterocycles. The Bertz CT molecular complexity index is 234. The minimum absolute atomic E-state index is 0.216. The summed E-state index contributed by atoms with van der Waals surface area (Å²) in [6, 6.07) is 0. The molecule has 1 aromatic rings. The van der Waals surface area contributed by atoms with Gasteiger partial charge in [-0.15, -0.1) is 0 Å². The summed E-state index contributed by atoms with van der Waals surface area (Å²) in [6.07, 6.45) is 2.69. The maximum absolute atomic E-state index is 8.97. The van der Waals surface area contributed by atoms with E-state index in [9.17, 15) is 0 Å². The molecule has 1 aliphatic rings. The van der Waals surface area contributed by atoms with E-state index >= 15 is 0 Å². The van der Waals surface area contributed by atoms with Crippen LogP contribution in [0.2, 0.25) is 0 Å². The van der Waals surface area contributed by atoms with E-state index in [1.165, 1.54) is 12.7 Å². The molecule has 1 saturated heterocycles. The zero-order valence-corrected chi connectivity index (χ0v) is 5.88. The third-order valence-corrected chi connectivity index (χ3v) is 1.62. The Hall–Kier alpha value is -1.23. The summed E-state index contributed by atoms with van der Waals surface area (Å²) in [5.41, 5.74) is 0. The van der Waals surface area contributed by atoms with Crippen LogP contribution < -0.4 is 4.90 Å². The predicted octanol–water partition coefficient (Wildman–Crippen LogP) is -0.948. The number of nitrogens with zero attached hydrogens (tertiary/aromatic N) is 4. The Morgan fingerprint density at radius 2 is 2.00 bits per heavy atom. The number of aromatic nitrogens is 3. The van der Waals surface area contributed by atoms with Crippen molar-refractivity contribution >= 4 is 5.95 Å². The first-order chi connectivity index (χ1) is 5.36. The fourth-order valence-electron chi connectivity index (χ4n) is 1.02. The maximum Gasteiger partial charge on any atom is 0.228 e. The van der Waals surface area contributed by atoms with Crippen molar-refractivity contribution in [1.82, 2.24) is 15.0 Å². The highest BCUT2D eigenvalue weighted by Crippen LogP contribution is 2.13. The lowest BCUT2D eigenvalue weighted by molar-refractivity contribution is 0.140. The first-order valence-corrected chi connectivity index (χ1v) is 3.41. The second-order valence-corrected chi connectivity index (χ2v) is 2.50. The first-order valence-electron chi connectivity index (χ1n) is 3.41. The standard InChI is InChI=1S/C6H8N4O/c11-5-1-10(2-5)6-8-3-7-4-9-6/h3-5,11H,1-2H2. The summed E-state index contributed by atoms with van der Waals surface area (Å²) < 4.78 is 0. The molecule has 5 nitrogen and oxygen atoms in total. The van der Waals surface area contributed by atoms with Crippen molar-refractivity contribution in [3.63, 3.8) is 0 Å². The molecule has 5 heteroatoms. The van der Waals surface area contributed by atoms with E-state index in [1.54, 1.807) is 0 Å². The maximum atomic E-state index is 8.97. The Morgan fingerprint density at radius 3 is 2.55 bits per heavy atom. The van der Waals surface area contributed by atoms with Gasteiger partial charge in [0.1, 0.15) is 12.7 Å². The SMILES string of the molecule is OC1CN(c2ncncn2)C1. The van der Waals surface area contributed by atoms with Crippen LogP contribution in [0.4, 0.5) is 5.95 Å². The summed E-state index contributed by atoms with van der Waals surface area (Å²) in [5.74, 6) is 0.644. The van der Waals surface area contributed by atoms with Gasteiger partial charge in [-0.05, 0) is 0 Å². The van der Waals surface area contributed by atoms with Gasteiger partial charge >= 0.3 is 0 Å². The van der Waals surface area contributed by atoms with Crippen LogP contribution in [0.5, 0.6) is 0 Å². The van der Waals surface area contributed by atoms with Gasteiger partial charge in [-0.25, -0.2) is 15.0 Å². The fraction of sp³-hybridized carbons (Fsp3) is 0.500. The topological polar surface area (TPSA) is 62.1 Å². The third kappa shape index (κ3) is 1.14. The highest BCUT2D eigenvalue weighted by atomic mass is 16.3. The molecule has 1 N–H and O–H groups in total. The lowest BCUT2D eigenvalue weighted by Crippen LogP contribution is -2.51. The summed E-state index contributed by atoms with van der Waals surface area (Å²) in [5, 5.41) is 8.97. The smallest absolute Gasteiger partial charge is 0.228 e. The van der Waals surface area contributed by atoms with E-state index < -0.39 is 0 Å². The lowest BCUT2D eigenvalue weighted by Gasteiger charge is -2.35. The second kappa shape index (κ2) is 2.43. The molecular formula is C6H8N4O. The molecule has 0 spiro atoms. The monoisotopic (exact) mass is 152 g/mol. The molecule has 0 atom stereocenters. The summed E-state index contributed by atoms with van der Waals surface area (Å²) in [7, 11) is 0. The van der Waals surface area contributed by atoms with Crippen LogP contribution >= 0.6 is 0 Å². The molecule has 0 radical (unpaired) electrons. The highest BCUT2D eigenvalue weighted by molar-refractivity contribution is 5.32. The van der Waals surface area contributed by atoms with Gasteiger partial charge in [0.15, 0.2) is 0 Å². The average Bonchev–Trinajstić information content (AvgIpc) is 2.01. The highest BCUT2D eigenvalue weighted by Gasteiger charge is 2.25. The van der Waals surface area contributed by atoms with Crippen molar-refractivity contribution in [2.45, 2.75) is 6.10 Å². The van der Waals surface area contributed by atoms with Crippen LogP contribution in [0.25, 0.3) is 0 Å². The molecule has 0 amide bonds. The Kier molecular flexibility index (Phi) is 1.43. The van der Waals surface area contributed by atoms with Crippen molar-refractivity contribution in [3.8, 4) is 0 Å². The van der Waals surface area contributed by atoms with E-state index in [1.807, 2.05) is 4.90 Å². The van der Waals surface area contributed by atoms with Gasteiger partial charge in [0.05, 0.1) is 6.10 Å². The number of anilines is 1. The predicted molar refractivity (Wildman–Crippen MR) is 38.0 cm³/mol. The van der Waals surface area contributed by atoms with E-state index in [-0.39, 0.29) is 6.10 Å². The van der Waals surface area contributed by atoms with Crippen LogP contribution in [-0.2, 0) is 0 Å². The first kappa shape index (κ1) is 6.48. The number of hydrogen-bond donors (Lipinski definition) is 1. The number of aliphatic hydroxyl groups is 1. The zero-order valence-electron chi connectivity index (χ0n) is 5.88. The van der Waals surface area contributed by atoms with Crippen LogP contribution in [0.1, 0.15) is 0 Å². The van der Waals surface area contributed by atoms with Gasteiger partial charge in [0.25, 0.3) is 0 Å².